The number of nitrogens with zero attached hydrogens (tertiary/aromatic N) is 3. The lowest BCUT2D eigenvalue weighted by atomic mass is 10.1. The molecular weight excluding hydrogens is 384 g/mol. The fraction of sp³-hybridized carbons (Fsp3) is 0.611. The number of carbonyl (C=O) groups excluding carboxylic acids is 2. The van der Waals surface area contributed by atoms with Gasteiger partial charge in [-0.25, -0.2) is 4.79 Å². The van der Waals surface area contributed by atoms with Crippen molar-refractivity contribution < 1.29 is 14.3 Å². The number of carbonyl (C=O) groups is 2. The molecule has 2 heterocycles. The maximum Gasteiger partial charge on any atom is 0.341 e. The molecule has 0 saturated carbocycles. The summed E-state index contributed by atoms with van der Waals surface area (Å²) in [4.78, 5) is 31.8. The van der Waals surface area contributed by atoms with Crippen LogP contribution in [0.3, 0.4) is 0 Å². The highest BCUT2D eigenvalue weighted by molar-refractivity contribution is 7.80. The topological polar surface area (TPSA) is 65.1 Å². The molecular formula is C18H28N4O3S2. The second-order valence-electron chi connectivity index (χ2n) is 6.45. The van der Waals surface area contributed by atoms with E-state index < -0.39 is 5.97 Å². The third-order valence-corrected chi connectivity index (χ3v) is 6.35. The highest BCUT2D eigenvalue weighted by Crippen LogP contribution is 2.34. The molecule has 1 aliphatic heterocycles. The van der Waals surface area contributed by atoms with Gasteiger partial charge in [0.2, 0.25) is 0 Å². The molecule has 0 spiro atoms. The van der Waals surface area contributed by atoms with Crippen LogP contribution in [0.25, 0.3) is 0 Å². The number of nitrogens with one attached hydrogen (secondary N) is 1. The number of rotatable bonds is 5. The van der Waals surface area contributed by atoms with Gasteiger partial charge in [0.15, 0.2) is 5.11 Å². The Hall–Kier alpha value is -1.71. The number of esters is 1. The van der Waals surface area contributed by atoms with Crippen molar-refractivity contribution in [2.24, 2.45) is 0 Å². The van der Waals surface area contributed by atoms with Crippen molar-refractivity contribution in [3.63, 3.8) is 0 Å². The minimum Gasteiger partial charge on any atom is -0.465 e. The Morgan fingerprint density at radius 3 is 2.33 bits per heavy atom. The molecule has 1 aromatic rings. The molecule has 0 atom stereocenters. The van der Waals surface area contributed by atoms with Crippen molar-refractivity contribution >= 4 is 45.5 Å². The standard InChI is InChI=1S/C18H28N4O3S2/c1-6-21(7-2)16(23)14-12(3)13(17(24)25-5)15(27-14)19-18(26)22-10-8-20(4)9-11-22/h6-11H2,1-5H3,(H,19,26). The molecule has 1 aromatic heterocycles. The number of likely N-dealkylation sites (N-methyl/N-ethyl adjacent to an activating group) is 1. The fourth-order valence-corrected chi connectivity index (χ4v) is 4.50. The van der Waals surface area contributed by atoms with Crippen molar-refractivity contribution in [1.29, 1.82) is 0 Å². The summed E-state index contributed by atoms with van der Waals surface area (Å²) in [5.74, 6) is -0.544. The van der Waals surface area contributed by atoms with Crippen LogP contribution < -0.4 is 5.32 Å². The van der Waals surface area contributed by atoms with E-state index >= 15 is 0 Å². The molecule has 0 aliphatic carbocycles. The minimum absolute atomic E-state index is 0.0776. The van der Waals surface area contributed by atoms with Crippen LogP contribution in [-0.2, 0) is 4.74 Å². The fourth-order valence-electron chi connectivity index (χ4n) is 2.99. The van der Waals surface area contributed by atoms with Gasteiger partial charge in [0, 0.05) is 39.3 Å². The lowest BCUT2D eigenvalue weighted by Gasteiger charge is -2.34. The highest BCUT2D eigenvalue weighted by atomic mass is 32.1. The number of ether oxygens (including phenoxy) is 1. The third kappa shape index (κ3) is 4.77. The molecule has 0 unspecified atom stereocenters. The van der Waals surface area contributed by atoms with E-state index in [9.17, 15) is 9.59 Å². The maximum atomic E-state index is 12.8. The first kappa shape index (κ1) is 21.6. The van der Waals surface area contributed by atoms with E-state index in [0.717, 1.165) is 26.2 Å². The number of methoxy groups -OCH3 is 1. The molecule has 1 amide bonds. The first-order valence-corrected chi connectivity index (χ1v) is 10.3. The zero-order chi connectivity index (χ0) is 20.1. The largest absolute Gasteiger partial charge is 0.465 e. The predicted molar refractivity (Wildman–Crippen MR) is 113 cm³/mol. The average Bonchev–Trinajstić information content (AvgIpc) is 2.98. The summed E-state index contributed by atoms with van der Waals surface area (Å²) in [6.45, 7) is 10.4. The molecule has 0 radical (unpaired) electrons. The number of anilines is 1. The van der Waals surface area contributed by atoms with E-state index in [4.69, 9.17) is 17.0 Å². The number of thiophene rings is 1. The monoisotopic (exact) mass is 412 g/mol. The third-order valence-electron chi connectivity index (χ3n) is 4.79. The molecule has 1 aliphatic rings. The van der Waals surface area contributed by atoms with Gasteiger partial charge in [-0.15, -0.1) is 11.3 Å². The van der Waals surface area contributed by atoms with Gasteiger partial charge < -0.3 is 24.8 Å². The van der Waals surface area contributed by atoms with Gasteiger partial charge in [-0.2, -0.15) is 0 Å². The predicted octanol–water partition coefficient (Wildman–Crippen LogP) is 2.27. The summed E-state index contributed by atoms with van der Waals surface area (Å²) < 4.78 is 4.94. The van der Waals surface area contributed by atoms with Crippen LogP contribution in [0.4, 0.5) is 5.00 Å². The van der Waals surface area contributed by atoms with Gasteiger partial charge in [0.05, 0.1) is 17.6 Å². The molecule has 1 N–H and O–H groups in total. The first-order chi connectivity index (χ1) is 12.8. The van der Waals surface area contributed by atoms with Crippen molar-refractivity contribution in [3.05, 3.63) is 16.0 Å². The summed E-state index contributed by atoms with van der Waals surface area (Å²) >= 11 is 6.81. The normalized spacial score (nSPS) is 14.8. The van der Waals surface area contributed by atoms with E-state index in [2.05, 4.69) is 22.2 Å². The quantitative estimate of drug-likeness (QED) is 0.588. The summed E-state index contributed by atoms with van der Waals surface area (Å²) in [5, 5.41) is 4.32. The molecule has 1 fully saturated rings. The molecule has 2 rings (SSSR count). The summed E-state index contributed by atoms with van der Waals surface area (Å²) in [5.41, 5.74) is 1.02. The van der Waals surface area contributed by atoms with Gasteiger partial charge in [0.1, 0.15) is 5.00 Å². The van der Waals surface area contributed by atoms with Crippen molar-refractivity contribution in [2.75, 3.05) is 58.7 Å². The minimum atomic E-state index is -0.467. The smallest absolute Gasteiger partial charge is 0.341 e. The zero-order valence-corrected chi connectivity index (χ0v) is 18.3. The van der Waals surface area contributed by atoms with E-state index in [1.165, 1.54) is 18.4 Å². The van der Waals surface area contributed by atoms with Crippen molar-refractivity contribution in [3.8, 4) is 0 Å². The van der Waals surface area contributed by atoms with Gasteiger partial charge in [-0.1, -0.05) is 0 Å². The lowest BCUT2D eigenvalue weighted by molar-refractivity contribution is 0.0601. The van der Waals surface area contributed by atoms with Crippen LogP contribution >= 0.6 is 23.6 Å². The Bertz CT molecular complexity index is 708. The Labute approximate surface area is 170 Å². The number of hydrogen-bond acceptors (Lipinski definition) is 6. The van der Waals surface area contributed by atoms with Crippen LogP contribution in [0, 0.1) is 6.92 Å². The number of hydrogen-bond donors (Lipinski definition) is 1. The first-order valence-electron chi connectivity index (χ1n) is 9.09. The maximum absolute atomic E-state index is 12.8. The van der Waals surface area contributed by atoms with Gasteiger partial charge >= 0.3 is 5.97 Å². The van der Waals surface area contributed by atoms with Gasteiger partial charge in [0.25, 0.3) is 5.91 Å². The van der Waals surface area contributed by atoms with Gasteiger partial charge in [-0.05, 0) is 45.6 Å². The van der Waals surface area contributed by atoms with E-state index in [1.54, 1.807) is 11.8 Å². The van der Waals surface area contributed by atoms with E-state index in [1.807, 2.05) is 13.8 Å². The molecule has 27 heavy (non-hydrogen) atoms. The molecule has 0 aromatic carbocycles. The molecule has 7 nitrogen and oxygen atoms in total. The number of amides is 1. The average molecular weight is 413 g/mol. The highest BCUT2D eigenvalue weighted by Gasteiger charge is 2.28. The van der Waals surface area contributed by atoms with Crippen LogP contribution in [0.15, 0.2) is 0 Å². The SMILES string of the molecule is CCN(CC)C(=O)c1sc(NC(=S)N2CCN(C)CC2)c(C(=O)OC)c1C. The van der Waals surface area contributed by atoms with E-state index in [-0.39, 0.29) is 5.91 Å². The number of thiocarbonyl (C=S) groups is 1. The second kappa shape index (κ2) is 9.48. The van der Waals surface area contributed by atoms with Crippen LogP contribution in [-0.4, -0.2) is 85.1 Å². The van der Waals surface area contributed by atoms with Gasteiger partial charge in [-0.3, -0.25) is 4.79 Å². The molecule has 150 valence electrons. The Morgan fingerprint density at radius 1 is 1.22 bits per heavy atom. The molecule has 1 saturated heterocycles. The molecule has 9 heteroatoms. The van der Waals surface area contributed by atoms with Crippen molar-refractivity contribution in [2.45, 2.75) is 20.8 Å². The zero-order valence-electron chi connectivity index (χ0n) is 16.6. The number of piperazine rings is 1. The summed E-state index contributed by atoms with van der Waals surface area (Å²) in [6.07, 6.45) is 0. The summed E-state index contributed by atoms with van der Waals surface area (Å²) in [7, 11) is 3.42. The van der Waals surface area contributed by atoms with Crippen molar-refractivity contribution in [1.82, 2.24) is 14.7 Å². The Morgan fingerprint density at radius 2 is 1.81 bits per heavy atom. The van der Waals surface area contributed by atoms with Crippen LogP contribution in [0.2, 0.25) is 0 Å². The molecule has 0 bridgehead atoms. The Kier molecular flexibility index (Phi) is 7.58. The van der Waals surface area contributed by atoms with E-state index in [0.29, 0.717) is 39.2 Å². The second-order valence-corrected chi connectivity index (χ2v) is 7.86. The van der Waals surface area contributed by atoms with Crippen LogP contribution in [0.1, 0.15) is 39.4 Å². The Balaban J connectivity index is 2.31. The lowest BCUT2D eigenvalue weighted by Crippen LogP contribution is -2.48. The summed E-state index contributed by atoms with van der Waals surface area (Å²) in [6, 6.07) is 0. The van der Waals surface area contributed by atoms with Crippen LogP contribution in [0.5, 0.6) is 0 Å².